The molecule has 0 radical (unpaired) electrons. The molecule has 0 saturated carbocycles. The maximum absolute atomic E-state index is 13.7. The Morgan fingerprint density at radius 1 is 1.06 bits per heavy atom. The van der Waals surface area contributed by atoms with Crippen molar-refractivity contribution < 1.29 is 18.7 Å². The number of aromatic amines is 1. The number of furan rings is 1. The Morgan fingerprint density at radius 2 is 1.88 bits per heavy atom. The molecule has 6 rings (SSSR count). The third-order valence-electron chi connectivity index (χ3n) is 6.78. The number of piperazine rings is 1. The molecule has 1 saturated heterocycles. The lowest BCUT2D eigenvalue weighted by atomic mass is 9.86. The molecule has 2 atom stereocenters. The highest BCUT2D eigenvalue weighted by molar-refractivity contribution is 5.97. The predicted molar refractivity (Wildman–Crippen MR) is 126 cm³/mol. The Hall–Kier alpha value is -4.00. The zero-order valence-corrected chi connectivity index (χ0v) is 18.9. The van der Waals surface area contributed by atoms with E-state index in [0.29, 0.717) is 18.8 Å². The van der Waals surface area contributed by atoms with Gasteiger partial charge in [-0.2, -0.15) is 0 Å². The van der Waals surface area contributed by atoms with E-state index in [9.17, 15) is 9.59 Å². The van der Waals surface area contributed by atoms with Crippen LogP contribution in [-0.4, -0.2) is 45.8 Å². The molecule has 7 nitrogen and oxygen atoms in total. The van der Waals surface area contributed by atoms with Crippen LogP contribution in [0.15, 0.2) is 71.3 Å². The van der Waals surface area contributed by atoms with Gasteiger partial charge in [-0.25, -0.2) is 0 Å². The zero-order valence-electron chi connectivity index (χ0n) is 18.9. The topological polar surface area (TPSA) is 78.8 Å². The first-order chi connectivity index (χ1) is 16.7. The molecule has 2 aliphatic heterocycles. The van der Waals surface area contributed by atoms with Gasteiger partial charge in [0.25, 0.3) is 0 Å². The fraction of sp³-hybridized carbons (Fsp3) is 0.259. The van der Waals surface area contributed by atoms with E-state index in [1.54, 1.807) is 22.1 Å². The average Bonchev–Trinajstić information content (AvgIpc) is 3.49. The number of amides is 2. The van der Waals surface area contributed by atoms with Crippen molar-refractivity contribution in [3.05, 3.63) is 89.5 Å². The number of hydrogen-bond acceptors (Lipinski definition) is 4. The van der Waals surface area contributed by atoms with Gasteiger partial charge in [0, 0.05) is 28.6 Å². The molecule has 1 unspecified atom stereocenters. The number of rotatable bonds is 5. The largest absolute Gasteiger partial charge is 0.494 e. The number of H-pyrrole nitrogens is 1. The van der Waals surface area contributed by atoms with Gasteiger partial charge in [0.2, 0.25) is 11.8 Å². The number of carbonyl (C=O) groups is 2. The Bertz CT molecular complexity index is 1370. The van der Waals surface area contributed by atoms with Crippen molar-refractivity contribution in [2.45, 2.75) is 32.0 Å². The number of aromatic nitrogens is 1. The lowest BCUT2D eigenvalue weighted by Gasteiger charge is -2.47. The molecule has 1 N–H and O–H groups in total. The highest BCUT2D eigenvalue weighted by Gasteiger charge is 2.48. The quantitative estimate of drug-likeness (QED) is 0.493. The summed E-state index contributed by atoms with van der Waals surface area (Å²) >= 11 is 0. The standard InChI is InChI=1S/C27H25N3O4/c1-2-33-23-12-6-4-10-19(23)26-25-20(18-9-3-5-11-21(18)28-25)14-22-27(32)29(16-24(31)30(22)26)15-17-8-7-13-34-17/h3-13,22,26,28H,2,14-16H2,1H3/t22-,26?/m0/s1. The molecule has 1 fully saturated rings. The summed E-state index contributed by atoms with van der Waals surface area (Å²) in [5.41, 5.74) is 3.90. The number of nitrogens with zero attached hydrogens (tertiary/aromatic N) is 2. The van der Waals surface area contributed by atoms with Crippen LogP contribution >= 0.6 is 0 Å². The minimum absolute atomic E-state index is 0.0128. The molecule has 4 heterocycles. The van der Waals surface area contributed by atoms with E-state index in [-0.39, 0.29) is 24.9 Å². The monoisotopic (exact) mass is 455 g/mol. The molecule has 2 aromatic heterocycles. The molecule has 2 aromatic carbocycles. The molecular formula is C27H25N3O4. The average molecular weight is 456 g/mol. The predicted octanol–water partition coefficient (Wildman–Crippen LogP) is 4.04. The van der Waals surface area contributed by atoms with Gasteiger partial charge in [0.15, 0.2) is 0 Å². The normalized spacial score (nSPS) is 19.9. The third kappa shape index (κ3) is 3.19. The first kappa shape index (κ1) is 20.6. The highest BCUT2D eigenvalue weighted by atomic mass is 16.5. The fourth-order valence-corrected chi connectivity index (χ4v) is 5.37. The number of ether oxygens (including phenoxy) is 1. The van der Waals surface area contributed by atoms with Crippen LogP contribution in [0, 0.1) is 0 Å². The molecule has 2 amide bonds. The summed E-state index contributed by atoms with van der Waals surface area (Å²) < 4.78 is 11.4. The van der Waals surface area contributed by atoms with Crippen molar-refractivity contribution >= 4 is 22.7 Å². The number of fused-ring (bicyclic) bond motifs is 4. The van der Waals surface area contributed by atoms with Crippen LogP contribution in [0.1, 0.15) is 35.5 Å². The Labute approximate surface area is 196 Å². The number of para-hydroxylation sites is 2. The Balaban J connectivity index is 1.50. The van der Waals surface area contributed by atoms with Gasteiger partial charge in [-0.05, 0) is 36.8 Å². The molecular weight excluding hydrogens is 430 g/mol. The van der Waals surface area contributed by atoms with E-state index < -0.39 is 12.1 Å². The molecule has 0 spiro atoms. The van der Waals surface area contributed by atoms with Crippen LogP contribution in [0.25, 0.3) is 10.9 Å². The molecule has 0 bridgehead atoms. The van der Waals surface area contributed by atoms with Gasteiger partial charge >= 0.3 is 0 Å². The Morgan fingerprint density at radius 3 is 2.71 bits per heavy atom. The lowest BCUT2D eigenvalue weighted by molar-refractivity contribution is -0.159. The highest BCUT2D eigenvalue weighted by Crippen LogP contribution is 2.45. The molecule has 4 aromatic rings. The van der Waals surface area contributed by atoms with E-state index in [1.165, 1.54) is 0 Å². The van der Waals surface area contributed by atoms with Crippen molar-refractivity contribution in [1.29, 1.82) is 0 Å². The first-order valence-electron chi connectivity index (χ1n) is 11.6. The number of nitrogens with one attached hydrogen (secondary N) is 1. The Kier molecular flexibility index (Phi) is 4.90. The second kappa shape index (κ2) is 8.09. The van der Waals surface area contributed by atoms with Gasteiger partial charge in [-0.15, -0.1) is 0 Å². The maximum atomic E-state index is 13.7. The van der Waals surface area contributed by atoms with Gasteiger partial charge in [0.05, 0.1) is 19.4 Å². The summed E-state index contributed by atoms with van der Waals surface area (Å²) in [6.45, 7) is 2.75. The van der Waals surface area contributed by atoms with E-state index in [4.69, 9.17) is 9.15 Å². The maximum Gasteiger partial charge on any atom is 0.246 e. The van der Waals surface area contributed by atoms with Gasteiger partial charge in [0.1, 0.15) is 30.1 Å². The smallest absolute Gasteiger partial charge is 0.246 e. The van der Waals surface area contributed by atoms with Crippen molar-refractivity contribution in [2.24, 2.45) is 0 Å². The summed E-state index contributed by atoms with van der Waals surface area (Å²) in [4.78, 5) is 34.3. The SMILES string of the molecule is CCOc1ccccc1C1c2[nH]c3ccccc3c2C[C@H]2C(=O)N(Cc3ccco3)CC(=O)N12. The molecule has 34 heavy (non-hydrogen) atoms. The second-order valence-corrected chi connectivity index (χ2v) is 8.73. The van der Waals surface area contributed by atoms with E-state index >= 15 is 0 Å². The molecule has 7 heteroatoms. The summed E-state index contributed by atoms with van der Waals surface area (Å²) in [5, 5.41) is 1.08. The van der Waals surface area contributed by atoms with Crippen LogP contribution < -0.4 is 4.74 Å². The number of carbonyl (C=O) groups excluding carboxylic acids is 2. The van der Waals surface area contributed by atoms with Gasteiger partial charge in [-0.3, -0.25) is 9.59 Å². The molecule has 0 aliphatic carbocycles. The minimum Gasteiger partial charge on any atom is -0.494 e. The molecule has 2 aliphatic rings. The van der Waals surface area contributed by atoms with Crippen molar-refractivity contribution in [3.8, 4) is 5.75 Å². The number of hydrogen-bond donors (Lipinski definition) is 1. The third-order valence-corrected chi connectivity index (χ3v) is 6.78. The van der Waals surface area contributed by atoms with Gasteiger partial charge < -0.3 is 23.9 Å². The van der Waals surface area contributed by atoms with Crippen LogP contribution in [0.5, 0.6) is 5.75 Å². The van der Waals surface area contributed by atoms with Crippen molar-refractivity contribution in [2.75, 3.05) is 13.2 Å². The lowest BCUT2D eigenvalue weighted by Crippen LogP contribution is -2.62. The van der Waals surface area contributed by atoms with Crippen LogP contribution in [-0.2, 0) is 22.6 Å². The summed E-state index contributed by atoms with van der Waals surface area (Å²) in [7, 11) is 0. The van der Waals surface area contributed by atoms with Gasteiger partial charge in [-0.1, -0.05) is 36.4 Å². The van der Waals surface area contributed by atoms with E-state index in [1.807, 2.05) is 55.5 Å². The van der Waals surface area contributed by atoms with Crippen LogP contribution in [0.3, 0.4) is 0 Å². The minimum atomic E-state index is -0.595. The zero-order chi connectivity index (χ0) is 23.2. The summed E-state index contributed by atoms with van der Waals surface area (Å²) in [6, 6.07) is 18.5. The van der Waals surface area contributed by atoms with Crippen molar-refractivity contribution in [1.82, 2.24) is 14.8 Å². The first-order valence-corrected chi connectivity index (χ1v) is 11.6. The van der Waals surface area contributed by atoms with E-state index in [0.717, 1.165) is 33.5 Å². The van der Waals surface area contributed by atoms with Crippen molar-refractivity contribution in [3.63, 3.8) is 0 Å². The van der Waals surface area contributed by atoms with E-state index in [2.05, 4.69) is 11.1 Å². The number of benzene rings is 2. The second-order valence-electron chi connectivity index (χ2n) is 8.73. The van der Waals surface area contributed by atoms with Crippen LogP contribution in [0.2, 0.25) is 0 Å². The fourth-order valence-electron chi connectivity index (χ4n) is 5.37. The summed E-state index contributed by atoms with van der Waals surface area (Å²) in [5.74, 6) is 1.23. The molecule has 172 valence electrons. The summed E-state index contributed by atoms with van der Waals surface area (Å²) in [6.07, 6.45) is 2.04. The van der Waals surface area contributed by atoms with Crippen LogP contribution in [0.4, 0.5) is 0 Å².